The maximum Gasteiger partial charge on any atom is 0.280 e. The minimum Gasteiger partial charge on any atom is -0.299 e. The summed E-state index contributed by atoms with van der Waals surface area (Å²) >= 11 is 1.50. The summed E-state index contributed by atoms with van der Waals surface area (Å²) in [6.45, 7) is 1.91. The Balaban J connectivity index is 2.37. The Morgan fingerprint density at radius 2 is 1.93 bits per heavy atom. The van der Waals surface area contributed by atoms with Crippen LogP contribution in [-0.2, 0) is 7.05 Å². The van der Waals surface area contributed by atoms with Crippen LogP contribution >= 0.6 is 11.8 Å². The lowest BCUT2D eigenvalue weighted by atomic mass is 10.4. The van der Waals surface area contributed by atoms with Gasteiger partial charge in [-0.15, -0.1) is 0 Å². The van der Waals surface area contributed by atoms with Gasteiger partial charge in [0, 0.05) is 17.6 Å². The summed E-state index contributed by atoms with van der Waals surface area (Å²) in [6.07, 6.45) is 0. The second-order valence-electron chi connectivity index (χ2n) is 3.35. The van der Waals surface area contributed by atoms with E-state index < -0.39 is 0 Å². The van der Waals surface area contributed by atoms with Gasteiger partial charge in [-0.3, -0.25) is 14.6 Å². The van der Waals surface area contributed by atoms with E-state index in [9.17, 15) is 4.79 Å². The molecule has 2 rings (SSSR count). The Morgan fingerprint density at radius 1 is 1.27 bits per heavy atom. The number of aromatic nitrogens is 2. The summed E-state index contributed by atoms with van der Waals surface area (Å²) in [7, 11) is 1.73. The Bertz CT molecular complexity index is 513. The number of benzene rings is 1. The minimum atomic E-state index is 0.0290. The number of nitrogens with one attached hydrogen (secondary N) is 1. The second kappa shape index (κ2) is 3.98. The zero-order valence-electron chi connectivity index (χ0n) is 8.65. The molecule has 3 nitrogen and oxygen atoms in total. The van der Waals surface area contributed by atoms with Crippen molar-refractivity contribution in [2.24, 2.45) is 7.05 Å². The third-order valence-electron chi connectivity index (χ3n) is 2.14. The van der Waals surface area contributed by atoms with Crippen molar-refractivity contribution in [1.82, 2.24) is 9.78 Å². The largest absolute Gasteiger partial charge is 0.299 e. The van der Waals surface area contributed by atoms with Crippen LogP contribution < -0.4 is 5.56 Å². The van der Waals surface area contributed by atoms with Gasteiger partial charge in [0.15, 0.2) is 0 Å². The molecule has 0 radical (unpaired) electrons. The van der Waals surface area contributed by atoms with Crippen molar-refractivity contribution in [3.63, 3.8) is 0 Å². The fraction of sp³-hybridized carbons (Fsp3) is 0.182. The first-order chi connectivity index (χ1) is 7.18. The lowest BCUT2D eigenvalue weighted by molar-refractivity contribution is 0.729. The molecule has 1 aromatic carbocycles. The molecule has 15 heavy (non-hydrogen) atoms. The topological polar surface area (TPSA) is 37.8 Å². The number of rotatable bonds is 2. The Morgan fingerprint density at radius 3 is 2.47 bits per heavy atom. The van der Waals surface area contributed by atoms with Crippen molar-refractivity contribution in [1.29, 1.82) is 0 Å². The molecular formula is C11H12N2OS. The van der Waals surface area contributed by atoms with Gasteiger partial charge in [0.25, 0.3) is 5.56 Å². The van der Waals surface area contributed by atoms with Crippen LogP contribution in [0.25, 0.3) is 0 Å². The van der Waals surface area contributed by atoms with Crippen LogP contribution in [0, 0.1) is 6.92 Å². The van der Waals surface area contributed by atoms with Gasteiger partial charge in [0.2, 0.25) is 0 Å². The van der Waals surface area contributed by atoms with Gasteiger partial charge in [-0.1, -0.05) is 30.0 Å². The standard InChI is InChI=1S/C11H12N2OS/c1-8-10(11(14)13(2)12-8)15-9-6-4-3-5-7-9/h3-7,12H,1-2H3. The molecule has 0 bridgehead atoms. The second-order valence-corrected chi connectivity index (χ2v) is 4.43. The summed E-state index contributed by atoms with van der Waals surface area (Å²) in [5, 5.41) is 2.98. The van der Waals surface area contributed by atoms with Crippen molar-refractivity contribution < 1.29 is 0 Å². The quantitative estimate of drug-likeness (QED) is 0.842. The summed E-state index contributed by atoms with van der Waals surface area (Å²) < 4.78 is 1.50. The Hall–Kier alpha value is -1.42. The molecule has 1 heterocycles. The smallest absolute Gasteiger partial charge is 0.280 e. The molecule has 0 amide bonds. The first kappa shape index (κ1) is 10.1. The number of hydrogen-bond donors (Lipinski definition) is 1. The maximum atomic E-state index is 11.7. The highest BCUT2D eigenvalue weighted by Crippen LogP contribution is 2.26. The fourth-order valence-electron chi connectivity index (χ4n) is 1.39. The van der Waals surface area contributed by atoms with Gasteiger partial charge < -0.3 is 0 Å². The molecule has 4 heteroatoms. The van der Waals surface area contributed by atoms with E-state index >= 15 is 0 Å². The van der Waals surface area contributed by atoms with Crippen LogP contribution in [0.4, 0.5) is 0 Å². The number of H-pyrrole nitrogens is 1. The van der Waals surface area contributed by atoms with Crippen LogP contribution in [-0.4, -0.2) is 9.78 Å². The van der Waals surface area contributed by atoms with E-state index in [1.54, 1.807) is 7.05 Å². The van der Waals surface area contributed by atoms with Gasteiger partial charge in [0.1, 0.15) is 0 Å². The van der Waals surface area contributed by atoms with Crippen LogP contribution in [0.1, 0.15) is 5.69 Å². The lowest BCUT2D eigenvalue weighted by Gasteiger charge is -1.97. The van der Waals surface area contributed by atoms with Crippen LogP contribution in [0.2, 0.25) is 0 Å². The van der Waals surface area contributed by atoms with Crippen LogP contribution in [0.5, 0.6) is 0 Å². The molecule has 1 aromatic heterocycles. The van der Waals surface area contributed by atoms with Crippen molar-refractivity contribution in [2.45, 2.75) is 16.7 Å². The molecule has 0 saturated heterocycles. The van der Waals surface area contributed by atoms with Crippen molar-refractivity contribution in [3.8, 4) is 0 Å². The average Bonchev–Trinajstić information content (AvgIpc) is 2.47. The van der Waals surface area contributed by atoms with Crippen LogP contribution in [0.3, 0.4) is 0 Å². The van der Waals surface area contributed by atoms with Gasteiger partial charge in [-0.25, -0.2) is 0 Å². The molecule has 2 aromatic rings. The van der Waals surface area contributed by atoms with Gasteiger partial charge in [0.05, 0.1) is 4.90 Å². The van der Waals surface area contributed by atoms with E-state index in [-0.39, 0.29) is 5.56 Å². The molecule has 0 spiro atoms. The Kier molecular flexibility index (Phi) is 2.68. The monoisotopic (exact) mass is 220 g/mol. The molecule has 1 N–H and O–H groups in total. The zero-order valence-corrected chi connectivity index (χ0v) is 9.47. The Labute approximate surface area is 92.1 Å². The average molecular weight is 220 g/mol. The number of nitrogens with zero attached hydrogens (tertiary/aromatic N) is 1. The van der Waals surface area contributed by atoms with E-state index in [1.165, 1.54) is 16.4 Å². The van der Waals surface area contributed by atoms with Crippen LogP contribution in [0.15, 0.2) is 44.9 Å². The van der Waals surface area contributed by atoms with Gasteiger partial charge in [-0.05, 0) is 19.1 Å². The minimum absolute atomic E-state index is 0.0290. The molecule has 0 aliphatic heterocycles. The summed E-state index contributed by atoms with van der Waals surface area (Å²) in [4.78, 5) is 13.6. The third kappa shape index (κ3) is 1.99. The molecule has 0 saturated carbocycles. The van der Waals surface area contributed by atoms with Crippen molar-refractivity contribution in [3.05, 3.63) is 46.4 Å². The number of aromatic amines is 1. The lowest BCUT2D eigenvalue weighted by Crippen LogP contribution is -2.12. The number of aryl methyl sites for hydroxylation is 2. The zero-order chi connectivity index (χ0) is 10.8. The predicted octanol–water partition coefficient (Wildman–Crippen LogP) is 2.17. The van der Waals surface area contributed by atoms with Crippen molar-refractivity contribution in [2.75, 3.05) is 0 Å². The molecule has 0 unspecified atom stereocenters. The maximum absolute atomic E-state index is 11.7. The highest BCUT2D eigenvalue weighted by atomic mass is 32.2. The highest BCUT2D eigenvalue weighted by Gasteiger charge is 2.09. The van der Waals surface area contributed by atoms with Gasteiger partial charge in [-0.2, -0.15) is 0 Å². The molecule has 0 atom stereocenters. The van der Waals surface area contributed by atoms with E-state index in [0.717, 1.165) is 15.5 Å². The molecule has 0 fully saturated rings. The van der Waals surface area contributed by atoms with Gasteiger partial charge >= 0.3 is 0 Å². The SMILES string of the molecule is Cc1[nH]n(C)c(=O)c1Sc1ccccc1. The fourth-order valence-corrected chi connectivity index (χ4v) is 2.34. The number of hydrogen-bond acceptors (Lipinski definition) is 2. The van der Waals surface area contributed by atoms with Crippen molar-refractivity contribution >= 4 is 11.8 Å². The highest BCUT2D eigenvalue weighted by molar-refractivity contribution is 7.99. The first-order valence-corrected chi connectivity index (χ1v) is 5.48. The normalized spacial score (nSPS) is 10.5. The van der Waals surface area contributed by atoms with E-state index in [1.807, 2.05) is 37.3 Å². The molecule has 0 aliphatic rings. The summed E-state index contributed by atoms with van der Waals surface area (Å²) in [5.74, 6) is 0. The summed E-state index contributed by atoms with van der Waals surface area (Å²) in [6, 6.07) is 9.89. The molecular weight excluding hydrogens is 208 g/mol. The van der Waals surface area contributed by atoms with E-state index in [4.69, 9.17) is 0 Å². The van der Waals surface area contributed by atoms with E-state index in [0.29, 0.717) is 0 Å². The first-order valence-electron chi connectivity index (χ1n) is 4.67. The summed E-state index contributed by atoms with van der Waals surface area (Å²) in [5.41, 5.74) is 0.942. The van der Waals surface area contributed by atoms with E-state index in [2.05, 4.69) is 5.10 Å². The predicted molar refractivity (Wildman–Crippen MR) is 61.3 cm³/mol. The molecule has 0 aliphatic carbocycles. The third-order valence-corrected chi connectivity index (χ3v) is 3.33. The molecule has 78 valence electrons.